The van der Waals surface area contributed by atoms with Gasteiger partial charge in [0.25, 0.3) is 0 Å². The van der Waals surface area contributed by atoms with Crippen molar-refractivity contribution in [2.45, 2.75) is 6.61 Å². The predicted molar refractivity (Wildman–Crippen MR) is 77.5 cm³/mol. The number of hydrogen-bond acceptors (Lipinski definition) is 5. The van der Waals surface area contributed by atoms with Gasteiger partial charge in [-0.1, -0.05) is 5.21 Å². The number of aliphatic hydroxyl groups excluding tert-OH is 1. The van der Waals surface area contributed by atoms with Gasteiger partial charge >= 0.3 is 5.97 Å². The molecule has 0 amide bonds. The molecule has 0 bridgehead atoms. The second-order valence-electron chi connectivity index (χ2n) is 4.55. The van der Waals surface area contributed by atoms with Crippen molar-refractivity contribution >= 4 is 5.97 Å². The Kier molecular flexibility index (Phi) is 3.63. The van der Waals surface area contributed by atoms with Crippen LogP contribution in [0.3, 0.4) is 0 Å². The summed E-state index contributed by atoms with van der Waals surface area (Å²) in [5, 5.41) is 26.4. The number of aliphatic hydroxyl groups is 1. The summed E-state index contributed by atoms with van der Waals surface area (Å²) >= 11 is 0. The van der Waals surface area contributed by atoms with Crippen molar-refractivity contribution in [3.63, 3.8) is 0 Å². The number of aromatic carboxylic acids is 1. The van der Waals surface area contributed by atoms with Gasteiger partial charge in [-0.25, -0.2) is 9.48 Å². The van der Waals surface area contributed by atoms with Crippen LogP contribution in [-0.2, 0) is 6.61 Å². The first-order valence-corrected chi connectivity index (χ1v) is 6.50. The van der Waals surface area contributed by atoms with Crippen LogP contribution in [0.2, 0.25) is 0 Å². The summed E-state index contributed by atoms with van der Waals surface area (Å²) in [5.74, 6) is -0.992. The van der Waals surface area contributed by atoms with E-state index < -0.39 is 5.97 Å². The average Bonchev–Trinajstić information content (AvgIpc) is 2.99. The Morgan fingerprint density at radius 1 is 1.18 bits per heavy atom. The number of aromatic nitrogens is 4. The number of nitrogens with zero attached hydrogens (tertiary/aromatic N) is 4. The summed E-state index contributed by atoms with van der Waals surface area (Å²) in [6, 6.07) is 9.88. The second-order valence-corrected chi connectivity index (χ2v) is 4.55. The van der Waals surface area contributed by atoms with Crippen LogP contribution in [0.15, 0.2) is 48.8 Å². The molecule has 7 nitrogen and oxygen atoms in total. The van der Waals surface area contributed by atoms with Gasteiger partial charge in [-0.15, -0.1) is 5.10 Å². The first kappa shape index (κ1) is 13.9. The molecule has 0 aliphatic rings. The Labute approximate surface area is 125 Å². The molecule has 2 aromatic heterocycles. The van der Waals surface area contributed by atoms with Crippen LogP contribution in [-0.4, -0.2) is 36.2 Å². The first-order chi connectivity index (χ1) is 10.7. The minimum absolute atomic E-state index is 0.189. The monoisotopic (exact) mass is 296 g/mol. The molecule has 22 heavy (non-hydrogen) atoms. The SMILES string of the molecule is O=C(O)c1ccc(-n2nnc(CO)c2-c2cccnc2)cc1. The van der Waals surface area contributed by atoms with Crippen LogP contribution in [0.1, 0.15) is 16.1 Å². The highest BCUT2D eigenvalue weighted by Crippen LogP contribution is 2.24. The zero-order valence-corrected chi connectivity index (χ0v) is 11.4. The molecule has 0 fully saturated rings. The van der Waals surface area contributed by atoms with Crippen LogP contribution >= 0.6 is 0 Å². The Hall–Kier alpha value is -3.06. The third-order valence-electron chi connectivity index (χ3n) is 3.18. The van der Waals surface area contributed by atoms with E-state index in [1.807, 2.05) is 6.07 Å². The summed E-state index contributed by atoms with van der Waals surface area (Å²) in [6.07, 6.45) is 3.30. The standard InChI is InChI=1S/C15H12N4O3/c20-9-13-14(11-2-1-7-16-8-11)19(18-17-13)12-5-3-10(4-6-12)15(21)22/h1-8,20H,9H2,(H,21,22). The van der Waals surface area contributed by atoms with Crippen LogP contribution < -0.4 is 0 Å². The van der Waals surface area contributed by atoms with Gasteiger partial charge in [-0.2, -0.15) is 0 Å². The molecule has 0 aliphatic heterocycles. The first-order valence-electron chi connectivity index (χ1n) is 6.50. The van der Waals surface area contributed by atoms with Crippen molar-refractivity contribution < 1.29 is 15.0 Å². The molecule has 0 spiro atoms. The molecule has 110 valence electrons. The van der Waals surface area contributed by atoms with Crippen molar-refractivity contribution in [2.24, 2.45) is 0 Å². The fourth-order valence-corrected chi connectivity index (χ4v) is 2.14. The number of carbonyl (C=O) groups is 1. The molecular formula is C15H12N4O3. The Morgan fingerprint density at radius 2 is 1.95 bits per heavy atom. The summed E-state index contributed by atoms with van der Waals surface area (Å²) in [6.45, 7) is -0.253. The normalized spacial score (nSPS) is 10.6. The molecule has 0 radical (unpaired) electrons. The molecule has 2 heterocycles. The maximum atomic E-state index is 10.9. The zero-order chi connectivity index (χ0) is 15.5. The van der Waals surface area contributed by atoms with Gasteiger partial charge in [0.15, 0.2) is 0 Å². The number of carboxylic acid groups (broad SMARTS) is 1. The molecule has 0 atom stereocenters. The molecule has 7 heteroatoms. The van der Waals surface area contributed by atoms with Crippen LogP contribution in [0.5, 0.6) is 0 Å². The lowest BCUT2D eigenvalue weighted by Crippen LogP contribution is -2.02. The lowest BCUT2D eigenvalue weighted by molar-refractivity contribution is 0.0697. The maximum absolute atomic E-state index is 10.9. The smallest absolute Gasteiger partial charge is 0.335 e. The van der Waals surface area contributed by atoms with Crippen molar-refractivity contribution in [1.29, 1.82) is 0 Å². The average molecular weight is 296 g/mol. The van der Waals surface area contributed by atoms with Crippen molar-refractivity contribution in [3.05, 3.63) is 60.0 Å². The maximum Gasteiger partial charge on any atom is 0.335 e. The zero-order valence-electron chi connectivity index (χ0n) is 11.4. The van der Waals surface area contributed by atoms with E-state index in [9.17, 15) is 9.90 Å². The number of carboxylic acids is 1. The largest absolute Gasteiger partial charge is 0.478 e. The fourth-order valence-electron chi connectivity index (χ4n) is 2.14. The second kappa shape index (κ2) is 5.74. The van der Waals surface area contributed by atoms with E-state index in [1.54, 1.807) is 35.3 Å². The summed E-state index contributed by atoms with van der Waals surface area (Å²) in [7, 11) is 0. The van der Waals surface area contributed by atoms with E-state index in [-0.39, 0.29) is 12.2 Å². The number of hydrogen-bond donors (Lipinski definition) is 2. The van der Waals surface area contributed by atoms with Crippen LogP contribution in [0.25, 0.3) is 16.9 Å². The Bertz CT molecular complexity index is 797. The van der Waals surface area contributed by atoms with Crippen LogP contribution in [0.4, 0.5) is 0 Å². The van der Waals surface area contributed by atoms with Gasteiger partial charge in [-0.3, -0.25) is 4.98 Å². The molecule has 0 aliphatic carbocycles. The van der Waals surface area contributed by atoms with E-state index in [4.69, 9.17) is 5.11 Å². The van der Waals surface area contributed by atoms with E-state index in [1.165, 1.54) is 12.1 Å². The van der Waals surface area contributed by atoms with E-state index >= 15 is 0 Å². The highest BCUT2D eigenvalue weighted by molar-refractivity contribution is 5.87. The van der Waals surface area contributed by atoms with Gasteiger partial charge in [-0.05, 0) is 36.4 Å². The number of benzene rings is 1. The highest BCUT2D eigenvalue weighted by Gasteiger charge is 2.16. The summed E-state index contributed by atoms with van der Waals surface area (Å²) in [4.78, 5) is 15.0. The van der Waals surface area contributed by atoms with Gasteiger partial charge < -0.3 is 10.2 Å². The molecule has 0 saturated carbocycles. The third kappa shape index (κ3) is 2.45. The summed E-state index contributed by atoms with van der Waals surface area (Å²) in [5.41, 5.74) is 2.65. The molecule has 0 saturated heterocycles. The van der Waals surface area contributed by atoms with Gasteiger partial charge in [0.1, 0.15) is 11.4 Å². The molecule has 2 N–H and O–H groups in total. The van der Waals surface area contributed by atoms with E-state index in [0.29, 0.717) is 17.1 Å². The van der Waals surface area contributed by atoms with E-state index in [2.05, 4.69) is 15.3 Å². The van der Waals surface area contributed by atoms with Crippen LogP contribution in [0, 0.1) is 0 Å². The highest BCUT2D eigenvalue weighted by atomic mass is 16.4. The Morgan fingerprint density at radius 3 is 2.55 bits per heavy atom. The number of pyridine rings is 1. The lowest BCUT2D eigenvalue weighted by atomic mass is 10.1. The van der Waals surface area contributed by atoms with Crippen molar-refractivity contribution in [2.75, 3.05) is 0 Å². The third-order valence-corrected chi connectivity index (χ3v) is 3.18. The fraction of sp³-hybridized carbons (Fsp3) is 0.0667. The van der Waals surface area contributed by atoms with Crippen molar-refractivity contribution in [1.82, 2.24) is 20.0 Å². The number of rotatable bonds is 4. The van der Waals surface area contributed by atoms with Gasteiger partial charge in [0, 0.05) is 18.0 Å². The summed E-state index contributed by atoms with van der Waals surface area (Å²) < 4.78 is 1.55. The minimum Gasteiger partial charge on any atom is -0.478 e. The topological polar surface area (TPSA) is 101 Å². The quantitative estimate of drug-likeness (QED) is 0.757. The van der Waals surface area contributed by atoms with E-state index in [0.717, 1.165) is 5.56 Å². The Balaban J connectivity index is 2.12. The van der Waals surface area contributed by atoms with Gasteiger partial charge in [0.05, 0.1) is 17.9 Å². The van der Waals surface area contributed by atoms with Crippen molar-refractivity contribution in [3.8, 4) is 16.9 Å². The molecule has 3 aromatic rings. The predicted octanol–water partition coefficient (Wildman–Crippen LogP) is 1.52. The molecular weight excluding hydrogens is 284 g/mol. The minimum atomic E-state index is -0.992. The molecule has 3 rings (SSSR count). The molecule has 0 unspecified atom stereocenters. The lowest BCUT2D eigenvalue weighted by Gasteiger charge is -2.07. The molecule has 1 aromatic carbocycles. The van der Waals surface area contributed by atoms with Gasteiger partial charge in [0.2, 0.25) is 0 Å².